The molecule has 2 heterocycles. The molecule has 2 aromatic rings. The summed E-state index contributed by atoms with van der Waals surface area (Å²) in [6.45, 7) is 0. The number of aromatic nitrogens is 2. The Balaban J connectivity index is 2.56. The fraction of sp³-hybridized carbons (Fsp3) is 0.100. The van der Waals surface area contributed by atoms with E-state index >= 15 is 0 Å². The molecule has 0 amide bonds. The second-order valence-corrected chi connectivity index (χ2v) is 2.78. The molecule has 0 aliphatic rings. The van der Waals surface area contributed by atoms with E-state index in [4.69, 9.17) is 0 Å². The van der Waals surface area contributed by atoms with Crippen LogP contribution < -0.4 is 0 Å². The molecular weight excluding hydrogens is 180 g/mol. The molecule has 0 aliphatic heterocycles. The van der Waals surface area contributed by atoms with E-state index < -0.39 is 5.97 Å². The highest BCUT2D eigenvalue weighted by atomic mass is 16.5. The summed E-state index contributed by atoms with van der Waals surface area (Å²) >= 11 is 0. The minimum Gasteiger partial charge on any atom is -0.464 e. The van der Waals surface area contributed by atoms with Crippen molar-refractivity contribution in [1.29, 1.82) is 0 Å². The van der Waals surface area contributed by atoms with Crippen molar-refractivity contribution in [3.8, 4) is 0 Å². The quantitative estimate of drug-likeness (QED) is 0.635. The molecule has 0 bridgehead atoms. The number of ether oxygens (including phenoxy) is 1. The van der Waals surface area contributed by atoms with Crippen LogP contribution in [0.5, 0.6) is 0 Å². The predicted octanol–water partition coefficient (Wildman–Crippen LogP) is 1.42. The number of pyridine rings is 2. The molecule has 70 valence electrons. The van der Waals surface area contributed by atoms with Crippen molar-refractivity contribution in [1.82, 2.24) is 9.97 Å². The maximum Gasteiger partial charge on any atom is 0.356 e. The molecule has 0 atom stereocenters. The van der Waals surface area contributed by atoms with Crippen molar-refractivity contribution in [2.24, 2.45) is 0 Å². The van der Waals surface area contributed by atoms with Crippen LogP contribution in [0.15, 0.2) is 30.7 Å². The van der Waals surface area contributed by atoms with Crippen LogP contribution in [0, 0.1) is 0 Å². The zero-order chi connectivity index (χ0) is 9.97. The standard InChI is InChI=1S/C10H8N2O2/c1-14-10(13)9-4-7-2-3-11-5-8(7)6-12-9/h2-6H,1H3. The van der Waals surface area contributed by atoms with Crippen molar-refractivity contribution in [3.63, 3.8) is 0 Å². The minimum absolute atomic E-state index is 0.311. The van der Waals surface area contributed by atoms with Crippen LogP contribution in [-0.4, -0.2) is 23.0 Å². The number of methoxy groups -OCH3 is 1. The van der Waals surface area contributed by atoms with E-state index in [2.05, 4.69) is 14.7 Å². The number of hydrogen-bond donors (Lipinski definition) is 0. The van der Waals surface area contributed by atoms with E-state index in [1.807, 2.05) is 6.07 Å². The lowest BCUT2D eigenvalue weighted by molar-refractivity contribution is 0.0594. The first-order valence-electron chi connectivity index (χ1n) is 4.09. The van der Waals surface area contributed by atoms with Gasteiger partial charge in [-0.05, 0) is 17.5 Å². The number of rotatable bonds is 1. The highest BCUT2D eigenvalue weighted by molar-refractivity contribution is 5.92. The summed E-state index contributed by atoms with van der Waals surface area (Å²) in [4.78, 5) is 19.1. The van der Waals surface area contributed by atoms with Gasteiger partial charge in [-0.15, -0.1) is 0 Å². The van der Waals surface area contributed by atoms with Crippen LogP contribution >= 0.6 is 0 Å². The number of esters is 1. The van der Waals surface area contributed by atoms with Crippen molar-refractivity contribution >= 4 is 16.7 Å². The summed E-state index contributed by atoms with van der Waals surface area (Å²) in [5, 5.41) is 1.83. The molecule has 0 unspecified atom stereocenters. The van der Waals surface area contributed by atoms with E-state index in [0.29, 0.717) is 5.69 Å². The summed E-state index contributed by atoms with van der Waals surface area (Å²) in [5.41, 5.74) is 0.311. The van der Waals surface area contributed by atoms with Gasteiger partial charge in [0.1, 0.15) is 5.69 Å². The van der Waals surface area contributed by atoms with Gasteiger partial charge in [-0.25, -0.2) is 9.78 Å². The predicted molar refractivity (Wildman–Crippen MR) is 50.9 cm³/mol. The molecule has 0 aromatic carbocycles. The lowest BCUT2D eigenvalue weighted by atomic mass is 10.2. The van der Waals surface area contributed by atoms with Crippen molar-refractivity contribution in [2.45, 2.75) is 0 Å². The third-order valence-electron chi connectivity index (χ3n) is 1.92. The average Bonchev–Trinajstić information content (AvgIpc) is 2.27. The van der Waals surface area contributed by atoms with Gasteiger partial charge in [0.25, 0.3) is 0 Å². The van der Waals surface area contributed by atoms with Crippen LogP contribution in [0.3, 0.4) is 0 Å². The molecule has 0 N–H and O–H groups in total. The van der Waals surface area contributed by atoms with Gasteiger partial charge in [-0.3, -0.25) is 4.98 Å². The molecular formula is C10H8N2O2. The SMILES string of the molecule is COC(=O)c1cc2ccncc2cn1. The molecule has 2 rings (SSSR count). The van der Waals surface area contributed by atoms with Crippen molar-refractivity contribution in [2.75, 3.05) is 7.11 Å². The monoisotopic (exact) mass is 188 g/mol. The van der Waals surface area contributed by atoms with Gasteiger partial charge in [0.05, 0.1) is 7.11 Å². The first-order valence-corrected chi connectivity index (χ1v) is 4.09. The van der Waals surface area contributed by atoms with Gasteiger partial charge in [0.2, 0.25) is 0 Å². The Morgan fingerprint density at radius 1 is 1.36 bits per heavy atom. The molecule has 14 heavy (non-hydrogen) atoms. The number of nitrogens with zero attached hydrogens (tertiary/aromatic N) is 2. The highest BCUT2D eigenvalue weighted by Crippen LogP contribution is 2.12. The summed E-state index contributed by atoms with van der Waals surface area (Å²) in [6, 6.07) is 3.51. The number of carbonyl (C=O) groups excluding carboxylic acids is 1. The molecule has 0 saturated carbocycles. The zero-order valence-electron chi connectivity index (χ0n) is 7.60. The van der Waals surface area contributed by atoms with Crippen LogP contribution in [0.25, 0.3) is 10.8 Å². The van der Waals surface area contributed by atoms with Gasteiger partial charge in [0.15, 0.2) is 0 Å². The maximum atomic E-state index is 11.2. The Hall–Kier alpha value is -1.97. The Bertz CT molecular complexity index is 482. The van der Waals surface area contributed by atoms with Crippen LogP contribution in [0.2, 0.25) is 0 Å². The van der Waals surface area contributed by atoms with Crippen molar-refractivity contribution in [3.05, 3.63) is 36.4 Å². The lowest BCUT2D eigenvalue weighted by Gasteiger charge is -1.99. The third kappa shape index (κ3) is 1.42. The Kier molecular flexibility index (Phi) is 2.10. The van der Waals surface area contributed by atoms with Gasteiger partial charge in [-0.2, -0.15) is 0 Å². The minimum atomic E-state index is -0.427. The normalized spacial score (nSPS) is 10.1. The average molecular weight is 188 g/mol. The van der Waals surface area contributed by atoms with Gasteiger partial charge in [-0.1, -0.05) is 0 Å². The molecule has 0 saturated heterocycles. The first-order chi connectivity index (χ1) is 6.81. The summed E-state index contributed by atoms with van der Waals surface area (Å²) in [7, 11) is 1.33. The van der Waals surface area contributed by atoms with Gasteiger partial charge in [0, 0.05) is 24.0 Å². The van der Waals surface area contributed by atoms with E-state index in [1.54, 1.807) is 24.7 Å². The van der Waals surface area contributed by atoms with Gasteiger partial charge < -0.3 is 4.74 Å². The molecule has 0 aliphatic carbocycles. The number of hydrogen-bond acceptors (Lipinski definition) is 4. The number of carbonyl (C=O) groups is 1. The number of fused-ring (bicyclic) bond motifs is 1. The molecule has 0 fully saturated rings. The molecule has 0 spiro atoms. The Morgan fingerprint density at radius 2 is 2.21 bits per heavy atom. The van der Waals surface area contributed by atoms with Crippen LogP contribution in [0.1, 0.15) is 10.5 Å². The fourth-order valence-corrected chi connectivity index (χ4v) is 1.20. The molecule has 4 nitrogen and oxygen atoms in total. The summed E-state index contributed by atoms with van der Waals surface area (Å²) in [5.74, 6) is -0.427. The fourth-order valence-electron chi connectivity index (χ4n) is 1.20. The lowest BCUT2D eigenvalue weighted by Crippen LogP contribution is -2.03. The van der Waals surface area contributed by atoms with E-state index in [0.717, 1.165) is 10.8 Å². The smallest absolute Gasteiger partial charge is 0.356 e. The van der Waals surface area contributed by atoms with E-state index in [1.165, 1.54) is 7.11 Å². The zero-order valence-corrected chi connectivity index (χ0v) is 7.60. The second-order valence-electron chi connectivity index (χ2n) is 2.78. The molecule has 0 radical (unpaired) electrons. The van der Waals surface area contributed by atoms with Crippen molar-refractivity contribution < 1.29 is 9.53 Å². The van der Waals surface area contributed by atoms with Gasteiger partial charge >= 0.3 is 5.97 Å². The molecule has 2 aromatic heterocycles. The Morgan fingerprint density at radius 3 is 3.00 bits per heavy atom. The topological polar surface area (TPSA) is 52.1 Å². The van der Waals surface area contributed by atoms with Crippen LogP contribution in [0.4, 0.5) is 0 Å². The largest absolute Gasteiger partial charge is 0.464 e. The third-order valence-corrected chi connectivity index (χ3v) is 1.92. The van der Waals surface area contributed by atoms with Crippen LogP contribution in [-0.2, 0) is 4.74 Å². The summed E-state index contributed by atoms with van der Waals surface area (Å²) < 4.78 is 4.57. The first kappa shape index (κ1) is 8.62. The second kappa shape index (κ2) is 3.41. The maximum absolute atomic E-state index is 11.2. The Labute approximate surface area is 80.6 Å². The highest BCUT2D eigenvalue weighted by Gasteiger charge is 2.06. The molecule has 4 heteroatoms. The van der Waals surface area contributed by atoms with E-state index in [-0.39, 0.29) is 0 Å². The summed E-state index contributed by atoms with van der Waals surface area (Å²) in [6.07, 6.45) is 4.97. The van der Waals surface area contributed by atoms with E-state index in [9.17, 15) is 4.79 Å².